The lowest BCUT2D eigenvalue weighted by atomic mass is 10.3. The maximum absolute atomic E-state index is 13.4. The van der Waals surface area contributed by atoms with Crippen LogP contribution in [0.3, 0.4) is 0 Å². The van der Waals surface area contributed by atoms with Gasteiger partial charge in [0.05, 0.1) is 7.11 Å². The molecule has 0 aliphatic heterocycles. The lowest BCUT2D eigenvalue weighted by Crippen LogP contribution is -2.12. The molecular formula is C12H9FN2O4S. The number of carbonyl (C=O) groups is 2. The summed E-state index contributed by atoms with van der Waals surface area (Å²) in [6.45, 7) is 0. The Balaban J connectivity index is 2.14. The van der Waals surface area contributed by atoms with Crippen LogP contribution in [0, 0.1) is 5.82 Å². The Kier molecular flexibility index (Phi) is 3.94. The normalized spacial score (nSPS) is 10.1. The molecule has 0 fully saturated rings. The summed E-state index contributed by atoms with van der Waals surface area (Å²) in [5, 5.41) is 12.4. The molecule has 0 saturated heterocycles. The fraction of sp³-hybridized carbons (Fsp3) is 0.0833. The molecule has 0 radical (unpaired) electrons. The molecule has 0 aliphatic rings. The zero-order chi connectivity index (χ0) is 14.7. The monoisotopic (exact) mass is 296 g/mol. The Hall–Kier alpha value is -2.48. The van der Waals surface area contributed by atoms with Crippen LogP contribution in [0.15, 0.2) is 23.6 Å². The van der Waals surface area contributed by atoms with Crippen molar-refractivity contribution >= 4 is 28.9 Å². The van der Waals surface area contributed by atoms with Gasteiger partial charge in [-0.1, -0.05) is 0 Å². The molecule has 0 saturated carbocycles. The summed E-state index contributed by atoms with van der Waals surface area (Å²) < 4.78 is 18.2. The molecule has 2 rings (SSSR count). The van der Waals surface area contributed by atoms with E-state index in [2.05, 4.69) is 10.3 Å². The average Bonchev–Trinajstić information content (AvgIpc) is 2.88. The summed E-state index contributed by atoms with van der Waals surface area (Å²) in [4.78, 5) is 26.1. The number of rotatable bonds is 4. The predicted octanol–water partition coefficient (Wildman–Crippen LogP) is 2.24. The second-order valence-electron chi connectivity index (χ2n) is 3.65. The van der Waals surface area contributed by atoms with Gasteiger partial charge in [0.25, 0.3) is 5.91 Å². The maximum atomic E-state index is 13.4. The summed E-state index contributed by atoms with van der Waals surface area (Å²) in [7, 11) is 1.33. The zero-order valence-electron chi connectivity index (χ0n) is 10.2. The van der Waals surface area contributed by atoms with Crippen molar-refractivity contribution in [3.8, 4) is 5.75 Å². The second-order valence-corrected chi connectivity index (χ2v) is 4.50. The Morgan fingerprint density at radius 2 is 2.20 bits per heavy atom. The third-order valence-corrected chi connectivity index (χ3v) is 3.17. The maximum Gasteiger partial charge on any atom is 0.355 e. The van der Waals surface area contributed by atoms with E-state index in [-0.39, 0.29) is 22.1 Å². The first-order chi connectivity index (χ1) is 9.51. The fourth-order valence-electron chi connectivity index (χ4n) is 1.40. The first kappa shape index (κ1) is 13.9. The van der Waals surface area contributed by atoms with E-state index in [4.69, 9.17) is 9.84 Å². The lowest BCUT2D eigenvalue weighted by molar-refractivity contribution is 0.0691. The first-order valence-corrected chi connectivity index (χ1v) is 6.23. The highest BCUT2D eigenvalue weighted by molar-refractivity contribution is 7.12. The minimum atomic E-state index is -1.21. The van der Waals surface area contributed by atoms with Gasteiger partial charge in [-0.15, -0.1) is 11.3 Å². The van der Waals surface area contributed by atoms with Crippen LogP contribution >= 0.6 is 11.3 Å². The minimum absolute atomic E-state index is 0.0152. The molecule has 0 bridgehead atoms. The average molecular weight is 296 g/mol. The smallest absolute Gasteiger partial charge is 0.355 e. The highest BCUT2D eigenvalue weighted by atomic mass is 32.1. The standard InChI is InChI=1S/C12H9FN2O4S/c1-19-9-3-2-6(4-7(9)13)14-10(16)11-15-8(5-20-11)12(17)18/h2-5H,1H3,(H,14,16)(H,17,18). The molecular weight excluding hydrogens is 287 g/mol. The largest absolute Gasteiger partial charge is 0.494 e. The highest BCUT2D eigenvalue weighted by Crippen LogP contribution is 2.21. The Labute approximate surface area is 116 Å². The summed E-state index contributed by atoms with van der Waals surface area (Å²) in [6.07, 6.45) is 0. The van der Waals surface area contributed by atoms with Crippen molar-refractivity contribution in [2.45, 2.75) is 0 Å². The van der Waals surface area contributed by atoms with Gasteiger partial charge in [-0.05, 0) is 12.1 Å². The third-order valence-electron chi connectivity index (χ3n) is 2.33. The highest BCUT2D eigenvalue weighted by Gasteiger charge is 2.15. The lowest BCUT2D eigenvalue weighted by Gasteiger charge is -2.05. The van der Waals surface area contributed by atoms with Crippen molar-refractivity contribution in [1.29, 1.82) is 0 Å². The topological polar surface area (TPSA) is 88.5 Å². The summed E-state index contributed by atoms with van der Waals surface area (Å²) in [5.74, 6) is -2.37. The van der Waals surface area contributed by atoms with E-state index < -0.39 is 17.7 Å². The van der Waals surface area contributed by atoms with Crippen LogP contribution in [0.2, 0.25) is 0 Å². The number of anilines is 1. The first-order valence-electron chi connectivity index (χ1n) is 5.35. The van der Waals surface area contributed by atoms with Gasteiger partial charge >= 0.3 is 5.97 Å². The number of halogens is 1. The quantitative estimate of drug-likeness (QED) is 0.903. The number of benzene rings is 1. The van der Waals surface area contributed by atoms with Crippen LogP contribution in [-0.2, 0) is 0 Å². The number of carboxylic acids is 1. The van der Waals surface area contributed by atoms with E-state index in [9.17, 15) is 14.0 Å². The predicted molar refractivity (Wildman–Crippen MR) is 70.0 cm³/mol. The van der Waals surface area contributed by atoms with Gasteiger partial charge in [0.1, 0.15) is 0 Å². The van der Waals surface area contributed by atoms with Crippen molar-refractivity contribution < 1.29 is 23.8 Å². The van der Waals surface area contributed by atoms with Crippen LogP contribution in [-0.4, -0.2) is 29.1 Å². The number of amides is 1. The molecule has 2 N–H and O–H groups in total. The van der Waals surface area contributed by atoms with Crippen LogP contribution < -0.4 is 10.1 Å². The van der Waals surface area contributed by atoms with Crippen molar-refractivity contribution in [1.82, 2.24) is 4.98 Å². The third kappa shape index (κ3) is 2.91. The molecule has 104 valence electrons. The fourth-order valence-corrected chi connectivity index (χ4v) is 2.09. The molecule has 0 atom stereocenters. The number of nitrogens with one attached hydrogen (secondary N) is 1. The van der Waals surface area contributed by atoms with Crippen LogP contribution in [0.4, 0.5) is 10.1 Å². The number of thiazole rings is 1. The van der Waals surface area contributed by atoms with E-state index in [0.717, 1.165) is 17.4 Å². The number of ether oxygens (including phenoxy) is 1. The van der Waals surface area contributed by atoms with Crippen LogP contribution in [0.25, 0.3) is 0 Å². The van der Waals surface area contributed by atoms with Gasteiger partial charge in [0, 0.05) is 17.1 Å². The van der Waals surface area contributed by atoms with E-state index in [1.54, 1.807) is 0 Å². The van der Waals surface area contributed by atoms with Gasteiger partial charge in [-0.3, -0.25) is 4.79 Å². The Bertz CT molecular complexity index is 671. The molecule has 1 aromatic carbocycles. The van der Waals surface area contributed by atoms with Crippen LogP contribution in [0.1, 0.15) is 20.3 Å². The van der Waals surface area contributed by atoms with E-state index in [1.807, 2.05) is 0 Å². The molecule has 6 nitrogen and oxygen atoms in total. The SMILES string of the molecule is COc1ccc(NC(=O)c2nc(C(=O)O)cs2)cc1F. The van der Waals surface area contributed by atoms with Crippen molar-refractivity contribution in [3.63, 3.8) is 0 Å². The molecule has 0 aliphatic carbocycles. The minimum Gasteiger partial charge on any atom is -0.494 e. The van der Waals surface area contributed by atoms with Crippen molar-refractivity contribution in [3.05, 3.63) is 40.1 Å². The summed E-state index contributed by atoms with van der Waals surface area (Å²) in [6, 6.07) is 3.93. The number of hydrogen-bond donors (Lipinski definition) is 2. The molecule has 1 heterocycles. The number of carboxylic acid groups (broad SMARTS) is 1. The van der Waals surface area contributed by atoms with Gasteiger partial charge in [0.15, 0.2) is 22.3 Å². The van der Waals surface area contributed by atoms with Crippen molar-refractivity contribution in [2.75, 3.05) is 12.4 Å². The number of nitrogens with zero attached hydrogens (tertiary/aromatic N) is 1. The molecule has 8 heteroatoms. The number of carbonyl (C=O) groups excluding carboxylic acids is 1. The Morgan fingerprint density at radius 1 is 1.45 bits per heavy atom. The molecule has 1 amide bonds. The van der Waals surface area contributed by atoms with Gasteiger partial charge in [-0.2, -0.15) is 0 Å². The Morgan fingerprint density at radius 3 is 2.75 bits per heavy atom. The molecule has 20 heavy (non-hydrogen) atoms. The molecule has 0 unspecified atom stereocenters. The summed E-state index contributed by atoms with van der Waals surface area (Å²) in [5.41, 5.74) is 0.0152. The van der Waals surface area contributed by atoms with Gasteiger partial charge < -0.3 is 15.2 Å². The second kappa shape index (κ2) is 5.66. The van der Waals surface area contributed by atoms with Gasteiger partial charge in [-0.25, -0.2) is 14.2 Å². The van der Waals surface area contributed by atoms with E-state index in [1.165, 1.54) is 24.6 Å². The number of aromatic nitrogens is 1. The van der Waals surface area contributed by atoms with E-state index in [0.29, 0.717) is 0 Å². The van der Waals surface area contributed by atoms with Crippen molar-refractivity contribution in [2.24, 2.45) is 0 Å². The number of methoxy groups -OCH3 is 1. The number of aromatic carboxylic acids is 1. The zero-order valence-corrected chi connectivity index (χ0v) is 11.0. The van der Waals surface area contributed by atoms with E-state index >= 15 is 0 Å². The van der Waals surface area contributed by atoms with Crippen LogP contribution in [0.5, 0.6) is 5.75 Å². The molecule has 1 aromatic heterocycles. The number of hydrogen-bond acceptors (Lipinski definition) is 5. The summed E-state index contributed by atoms with van der Waals surface area (Å²) >= 11 is 0.895. The molecule has 0 spiro atoms. The van der Waals surface area contributed by atoms with Gasteiger partial charge in [0.2, 0.25) is 0 Å². The molecule has 2 aromatic rings.